The van der Waals surface area contributed by atoms with Gasteiger partial charge in [-0.1, -0.05) is 29.8 Å². The predicted molar refractivity (Wildman–Crippen MR) is 105 cm³/mol. The zero-order valence-electron chi connectivity index (χ0n) is 15.7. The standard InChI is InChI=1S/C21H23NO5S/c1-15-5-9-19(10-6-15)28(25,26)22-12-11-21(24)27-14-20(23)18-8-7-16-3-2-4-17(16)13-18/h5-10,13,22H,2-4,11-12,14H2,1H3. The van der Waals surface area contributed by atoms with E-state index in [9.17, 15) is 18.0 Å². The number of ketones is 1. The number of nitrogens with one attached hydrogen (secondary N) is 1. The zero-order valence-corrected chi connectivity index (χ0v) is 16.6. The molecule has 0 saturated carbocycles. The van der Waals surface area contributed by atoms with Gasteiger partial charge in [-0.2, -0.15) is 0 Å². The van der Waals surface area contributed by atoms with Crippen LogP contribution in [-0.2, 0) is 32.4 Å². The molecule has 0 aromatic heterocycles. The van der Waals surface area contributed by atoms with Crippen LogP contribution in [0.3, 0.4) is 0 Å². The molecule has 148 valence electrons. The Bertz CT molecular complexity index is 980. The third-order valence-corrected chi connectivity index (χ3v) is 6.21. The fourth-order valence-corrected chi connectivity index (χ4v) is 4.17. The van der Waals surface area contributed by atoms with Crippen molar-refractivity contribution in [3.8, 4) is 0 Å². The van der Waals surface area contributed by atoms with Gasteiger partial charge in [-0.15, -0.1) is 0 Å². The van der Waals surface area contributed by atoms with Crippen LogP contribution in [0.5, 0.6) is 0 Å². The molecule has 0 aliphatic heterocycles. The van der Waals surface area contributed by atoms with Crippen molar-refractivity contribution in [2.45, 2.75) is 37.5 Å². The molecule has 28 heavy (non-hydrogen) atoms. The van der Waals surface area contributed by atoms with E-state index in [1.807, 2.05) is 19.1 Å². The third kappa shape index (κ3) is 5.05. The van der Waals surface area contributed by atoms with Crippen LogP contribution in [0.15, 0.2) is 47.4 Å². The van der Waals surface area contributed by atoms with Crippen molar-refractivity contribution in [2.75, 3.05) is 13.2 Å². The topological polar surface area (TPSA) is 89.5 Å². The van der Waals surface area contributed by atoms with Gasteiger partial charge in [0.25, 0.3) is 0 Å². The molecule has 0 saturated heterocycles. The molecular formula is C21H23NO5S. The van der Waals surface area contributed by atoms with Crippen LogP contribution in [0.1, 0.15) is 39.9 Å². The van der Waals surface area contributed by atoms with Gasteiger partial charge in [-0.25, -0.2) is 13.1 Å². The van der Waals surface area contributed by atoms with Gasteiger partial charge in [0.1, 0.15) is 0 Å². The second-order valence-corrected chi connectivity index (χ2v) is 8.65. The van der Waals surface area contributed by atoms with E-state index in [0.717, 1.165) is 24.8 Å². The van der Waals surface area contributed by atoms with E-state index >= 15 is 0 Å². The lowest BCUT2D eigenvalue weighted by atomic mass is 10.0. The Morgan fingerprint density at radius 1 is 1.04 bits per heavy atom. The normalized spacial score (nSPS) is 13.2. The molecule has 0 fully saturated rings. The van der Waals surface area contributed by atoms with Crippen LogP contribution >= 0.6 is 0 Å². The summed E-state index contributed by atoms with van der Waals surface area (Å²) < 4.78 is 31.7. The number of aryl methyl sites for hydroxylation is 3. The highest BCUT2D eigenvalue weighted by atomic mass is 32.2. The van der Waals surface area contributed by atoms with Gasteiger partial charge in [0.2, 0.25) is 10.0 Å². The highest BCUT2D eigenvalue weighted by Gasteiger charge is 2.17. The number of rotatable bonds is 8. The van der Waals surface area contributed by atoms with Crippen LogP contribution in [-0.4, -0.2) is 33.3 Å². The molecule has 0 atom stereocenters. The fourth-order valence-electron chi connectivity index (χ4n) is 3.14. The maximum absolute atomic E-state index is 12.2. The summed E-state index contributed by atoms with van der Waals surface area (Å²) in [5, 5.41) is 0. The highest BCUT2D eigenvalue weighted by Crippen LogP contribution is 2.23. The smallest absolute Gasteiger partial charge is 0.307 e. The van der Waals surface area contributed by atoms with Gasteiger partial charge in [0, 0.05) is 12.1 Å². The first-order valence-electron chi connectivity index (χ1n) is 9.22. The number of carbonyl (C=O) groups excluding carboxylic acids is 2. The van der Waals surface area contributed by atoms with E-state index in [-0.39, 0.29) is 30.3 Å². The number of hydrogen-bond acceptors (Lipinski definition) is 5. The second-order valence-electron chi connectivity index (χ2n) is 6.88. The average molecular weight is 401 g/mol. The fraction of sp³-hybridized carbons (Fsp3) is 0.333. The Labute approximate surface area is 165 Å². The maximum atomic E-state index is 12.2. The SMILES string of the molecule is Cc1ccc(S(=O)(=O)NCCC(=O)OCC(=O)c2ccc3c(c2)CCC3)cc1. The first kappa shape index (κ1) is 20.2. The van der Waals surface area contributed by atoms with E-state index in [1.165, 1.54) is 23.3 Å². The van der Waals surface area contributed by atoms with Crippen molar-refractivity contribution in [3.63, 3.8) is 0 Å². The summed E-state index contributed by atoms with van der Waals surface area (Å²) in [6.07, 6.45) is 2.96. The van der Waals surface area contributed by atoms with E-state index in [4.69, 9.17) is 4.74 Å². The summed E-state index contributed by atoms with van der Waals surface area (Å²) in [5.74, 6) is -0.885. The van der Waals surface area contributed by atoms with Crippen molar-refractivity contribution in [2.24, 2.45) is 0 Å². The molecule has 0 heterocycles. The van der Waals surface area contributed by atoms with Crippen LogP contribution in [0.25, 0.3) is 0 Å². The van der Waals surface area contributed by atoms with Gasteiger partial charge in [-0.3, -0.25) is 9.59 Å². The maximum Gasteiger partial charge on any atom is 0.307 e. The number of esters is 1. The number of carbonyl (C=O) groups is 2. The lowest BCUT2D eigenvalue weighted by Crippen LogP contribution is -2.27. The number of ether oxygens (including phenoxy) is 1. The van der Waals surface area contributed by atoms with Gasteiger partial charge < -0.3 is 4.74 Å². The van der Waals surface area contributed by atoms with E-state index in [0.29, 0.717) is 5.56 Å². The minimum absolute atomic E-state index is 0.0952. The minimum atomic E-state index is -3.68. The summed E-state index contributed by atoms with van der Waals surface area (Å²) in [5.41, 5.74) is 3.95. The van der Waals surface area contributed by atoms with Crippen molar-refractivity contribution in [3.05, 3.63) is 64.7 Å². The number of sulfonamides is 1. The summed E-state index contributed by atoms with van der Waals surface area (Å²) in [6, 6.07) is 12.0. The summed E-state index contributed by atoms with van der Waals surface area (Å²) in [4.78, 5) is 24.2. The van der Waals surface area contributed by atoms with Gasteiger partial charge in [0.15, 0.2) is 12.4 Å². The van der Waals surface area contributed by atoms with Crippen molar-refractivity contribution in [1.82, 2.24) is 4.72 Å². The van der Waals surface area contributed by atoms with Gasteiger partial charge >= 0.3 is 5.97 Å². The first-order valence-corrected chi connectivity index (χ1v) is 10.7. The van der Waals surface area contributed by atoms with E-state index in [1.54, 1.807) is 18.2 Å². The quantitative estimate of drug-likeness (QED) is 0.542. The van der Waals surface area contributed by atoms with Gasteiger partial charge in [-0.05, 0) is 55.5 Å². The molecule has 0 spiro atoms. The monoisotopic (exact) mass is 401 g/mol. The predicted octanol–water partition coefficient (Wildman–Crippen LogP) is 2.58. The molecule has 2 aromatic carbocycles. The average Bonchev–Trinajstić information content (AvgIpc) is 3.14. The Hall–Kier alpha value is -2.51. The van der Waals surface area contributed by atoms with Crippen LogP contribution in [0, 0.1) is 6.92 Å². The molecule has 3 rings (SSSR count). The van der Waals surface area contributed by atoms with Crippen LogP contribution < -0.4 is 4.72 Å². The molecule has 6 nitrogen and oxygen atoms in total. The second kappa shape index (κ2) is 8.67. The Kier molecular flexibility index (Phi) is 6.26. The molecule has 1 aliphatic rings. The number of hydrogen-bond donors (Lipinski definition) is 1. The number of Topliss-reactive ketones (excluding diaryl/α,β-unsaturated/α-hetero) is 1. The first-order chi connectivity index (χ1) is 13.3. The zero-order chi connectivity index (χ0) is 20.1. The molecule has 2 aromatic rings. The molecule has 1 N–H and O–H groups in total. The highest BCUT2D eigenvalue weighted by molar-refractivity contribution is 7.89. The Morgan fingerprint density at radius 3 is 2.50 bits per heavy atom. The molecule has 7 heteroatoms. The molecule has 0 amide bonds. The molecule has 1 aliphatic carbocycles. The lowest BCUT2D eigenvalue weighted by molar-refractivity contribution is -0.142. The number of benzene rings is 2. The Morgan fingerprint density at radius 2 is 1.75 bits per heavy atom. The molecule has 0 bridgehead atoms. The number of fused-ring (bicyclic) bond motifs is 1. The van der Waals surface area contributed by atoms with Crippen LogP contribution in [0.2, 0.25) is 0 Å². The van der Waals surface area contributed by atoms with E-state index < -0.39 is 16.0 Å². The summed E-state index contributed by atoms with van der Waals surface area (Å²) >= 11 is 0. The van der Waals surface area contributed by atoms with Crippen molar-refractivity contribution >= 4 is 21.8 Å². The minimum Gasteiger partial charge on any atom is -0.457 e. The van der Waals surface area contributed by atoms with Gasteiger partial charge in [0.05, 0.1) is 11.3 Å². The van der Waals surface area contributed by atoms with E-state index in [2.05, 4.69) is 4.72 Å². The van der Waals surface area contributed by atoms with Crippen molar-refractivity contribution in [1.29, 1.82) is 0 Å². The summed E-state index contributed by atoms with van der Waals surface area (Å²) in [6.45, 7) is 1.42. The molecule has 0 unspecified atom stereocenters. The third-order valence-electron chi connectivity index (χ3n) is 4.74. The Balaban J connectivity index is 1.44. The largest absolute Gasteiger partial charge is 0.457 e. The lowest BCUT2D eigenvalue weighted by Gasteiger charge is -2.08. The van der Waals surface area contributed by atoms with Crippen molar-refractivity contribution < 1.29 is 22.7 Å². The molecule has 0 radical (unpaired) electrons. The van der Waals surface area contributed by atoms with Crippen LogP contribution in [0.4, 0.5) is 0 Å². The summed E-state index contributed by atoms with van der Waals surface area (Å²) in [7, 11) is -3.68. The molecular weight excluding hydrogens is 378 g/mol.